The molecule has 2 aromatic carbocycles. The van der Waals surface area contributed by atoms with Gasteiger partial charge in [-0.1, -0.05) is 36.4 Å². The van der Waals surface area contributed by atoms with Gasteiger partial charge in [0, 0.05) is 28.6 Å². The molecule has 0 bridgehead atoms. The summed E-state index contributed by atoms with van der Waals surface area (Å²) in [5, 5.41) is 5.06. The Morgan fingerprint density at radius 1 is 1.03 bits per heavy atom. The van der Waals surface area contributed by atoms with E-state index in [-0.39, 0.29) is 10.7 Å². The number of fused-ring (bicyclic) bond motifs is 2. The number of hydrogen-bond acceptors (Lipinski definition) is 7. The predicted molar refractivity (Wildman–Crippen MR) is 131 cm³/mol. The molecule has 8 nitrogen and oxygen atoms in total. The van der Waals surface area contributed by atoms with E-state index in [0.717, 1.165) is 11.1 Å². The fourth-order valence-corrected chi connectivity index (χ4v) is 5.04. The highest BCUT2D eigenvalue weighted by molar-refractivity contribution is 7.89. The monoisotopic (exact) mass is 489 g/mol. The molecule has 0 fully saturated rings. The van der Waals surface area contributed by atoms with Crippen molar-refractivity contribution in [3.63, 3.8) is 0 Å². The molecule has 0 atom stereocenters. The van der Waals surface area contributed by atoms with Crippen molar-refractivity contribution >= 4 is 32.6 Å². The fourth-order valence-electron chi connectivity index (χ4n) is 4.19. The van der Waals surface area contributed by atoms with Crippen LogP contribution in [0.2, 0.25) is 0 Å². The summed E-state index contributed by atoms with van der Waals surface area (Å²) in [5.41, 5.74) is 3.13. The van der Waals surface area contributed by atoms with Crippen LogP contribution in [0.5, 0.6) is 5.75 Å². The van der Waals surface area contributed by atoms with Gasteiger partial charge in [-0.25, -0.2) is 9.78 Å². The maximum Gasteiger partial charge on any atom is 0.380 e. The quantitative estimate of drug-likeness (QED) is 0.248. The minimum Gasteiger partial charge on any atom is -0.453 e. The Morgan fingerprint density at radius 3 is 2.63 bits per heavy atom. The Labute approximate surface area is 202 Å². The first kappa shape index (κ1) is 22.8. The topological polar surface area (TPSA) is 111 Å². The number of pyridine rings is 1. The minimum atomic E-state index is -3.82. The average molecular weight is 490 g/mol. The number of benzene rings is 2. The van der Waals surface area contributed by atoms with Gasteiger partial charge in [-0.2, -0.15) is 18.4 Å². The summed E-state index contributed by atoms with van der Waals surface area (Å²) in [6, 6.07) is 17.2. The van der Waals surface area contributed by atoms with Gasteiger partial charge >= 0.3 is 5.97 Å². The lowest BCUT2D eigenvalue weighted by atomic mass is 9.93. The van der Waals surface area contributed by atoms with Crippen molar-refractivity contribution in [2.24, 2.45) is 5.10 Å². The average Bonchev–Trinajstić information content (AvgIpc) is 3.21. The van der Waals surface area contributed by atoms with E-state index in [1.165, 1.54) is 12.1 Å². The minimum absolute atomic E-state index is 0.0696. The summed E-state index contributed by atoms with van der Waals surface area (Å²) in [5.74, 6) is 0.358. The summed E-state index contributed by atoms with van der Waals surface area (Å²) >= 11 is 0. The lowest BCUT2D eigenvalue weighted by Gasteiger charge is -2.14. The van der Waals surface area contributed by atoms with Crippen LogP contribution in [0.3, 0.4) is 0 Å². The highest BCUT2D eigenvalue weighted by atomic mass is 32.2. The molecule has 2 heterocycles. The number of ether oxygens (including phenoxy) is 1. The highest BCUT2D eigenvalue weighted by Crippen LogP contribution is 2.32. The van der Waals surface area contributed by atoms with Crippen molar-refractivity contribution in [1.29, 1.82) is 0 Å². The molecule has 0 unspecified atom stereocenters. The van der Waals surface area contributed by atoms with E-state index in [4.69, 9.17) is 9.15 Å². The molecule has 0 spiro atoms. The summed E-state index contributed by atoms with van der Waals surface area (Å²) < 4.78 is 36.8. The molecule has 2 aromatic heterocycles. The van der Waals surface area contributed by atoms with Gasteiger partial charge in [0.25, 0.3) is 10.0 Å². The number of para-hydroxylation sites is 1. The van der Waals surface area contributed by atoms with E-state index in [2.05, 4.69) is 14.9 Å². The Balaban J connectivity index is 1.45. The molecule has 1 N–H and O–H groups in total. The van der Waals surface area contributed by atoms with Crippen LogP contribution in [0.25, 0.3) is 10.9 Å². The Hall–Kier alpha value is -3.98. The molecule has 35 heavy (non-hydrogen) atoms. The number of carbonyl (C=O) groups excluding carboxylic acids is 1. The number of esters is 1. The maximum atomic E-state index is 13.1. The summed E-state index contributed by atoms with van der Waals surface area (Å²) in [7, 11) is -3.82. The van der Waals surface area contributed by atoms with Crippen LogP contribution in [0.4, 0.5) is 0 Å². The van der Waals surface area contributed by atoms with Crippen molar-refractivity contribution in [3.8, 4) is 5.75 Å². The number of carbonyl (C=O) groups is 1. The molecule has 0 aliphatic heterocycles. The van der Waals surface area contributed by atoms with E-state index >= 15 is 0 Å². The van der Waals surface area contributed by atoms with E-state index in [1.54, 1.807) is 37.3 Å². The van der Waals surface area contributed by atoms with Gasteiger partial charge in [-0.15, -0.1) is 0 Å². The first-order valence-electron chi connectivity index (χ1n) is 11.2. The molecule has 0 saturated carbocycles. The van der Waals surface area contributed by atoms with Crippen molar-refractivity contribution in [2.75, 3.05) is 0 Å². The van der Waals surface area contributed by atoms with Crippen LogP contribution in [0.15, 0.2) is 75.1 Å². The third-order valence-electron chi connectivity index (χ3n) is 5.89. The number of hydrazone groups is 1. The van der Waals surface area contributed by atoms with Crippen molar-refractivity contribution in [3.05, 3.63) is 89.0 Å². The van der Waals surface area contributed by atoms with Gasteiger partial charge in [-0.05, 0) is 51.0 Å². The zero-order chi connectivity index (χ0) is 24.6. The van der Waals surface area contributed by atoms with E-state index < -0.39 is 16.0 Å². The zero-order valence-corrected chi connectivity index (χ0v) is 20.1. The lowest BCUT2D eigenvalue weighted by Crippen LogP contribution is -2.22. The van der Waals surface area contributed by atoms with Crippen LogP contribution >= 0.6 is 0 Å². The molecule has 1 aliphatic carbocycles. The smallest absolute Gasteiger partial charge is 0.380 e. The number of nitrogens with one attached hydrogen (secondary N) is 1. The van der Waals surface area contributed by atoms with Gasteiger partial charge in [0.05, 0.1) is 10.6 Å². The van der Waals surface area contributed by atoms with Gasteiger partial charge in [0.1, 0.15) is 11.3 Å². The standard InChI is InChI=1S/C26H23N3O5S/c1-16-14-15-18-8-6-13-22(24(18)27-16)34-26(30)25-17(2)23-20(11-7-12-21(23)33-25)28-29-35(31,32)19-9-4-3-5-10-19/h3-6,8-10,13-15,29H,7,11-12H2,1-2H3/b28-20+. The maximum absolute atomic E-state index is 13.1. The Morgan fingerprint density at radius 2 is 1.83 bits per heavy atom. The van der Waals surface area contributed by atoms with Crippen molar-refractivity contribution in [2.45, 2.75) is 38.0 Å². The second kappa shape index (κ2) is 8.99. The molecular weight excluding hydrogens is 466 g/mol. The SMILES string of the molecule is Cc1ccc2cccc(OC(=O)c3oc4c(c3C)/C(=N/NS(=O)(=O)c3ccccc3)CCC4)c2n1. The largest absolute Gasteiger partial charge is 0.453 e. The zero-order valence-electron chi connectivity index (χ0n) is 19.2. The predicted octanol–water partition coefficient (Wildman–Crippen LogP) is 4.68. The number of nitrogens with zero attached hydrogens (tertiary/aromatic N) is 2. The number of aryl methyl sites for hydroxylation is 2. The van der Waals surface area contributed by atoms with Crippen LogP contribution < -0.4 is 9.57 Å². The van der Waals surface area contributed by atoms with Gasteiger partial charge in [0.15, 0.2) is 5.75 Å². The molecule has 5 rings (SSSR count). The Bertz CT molecular complexity index is 1570. The van der Waals surface area contributed by atoms with Crippen LogP contribution in [-0.2, 0) is 16.4 Å². The molecule has 0 radical (unpaired) electrons. The fraction of sp³-hybridized carbons (Fsp3) is 0.192. The third-order valence-corrected chi connectivity index (χ3v) is 7.11. The molecule has 9 heteroatoms. The Kier molecular flexibility index (Phi) is 5.86. The van der Waals surface area contributed by atoms with E-state index in [9.17, 15) is 13.2 Å². The second-order valence-corrected chi connectivity index (χ2v) is 10.0. The van der Waals surface area contributed by atoms with Crippen molar-refractivity contribution in [1.82, 2.24) is 9.82 Å². The first-order valence-corrected chi connectivity index (χ1v) is 12.7. The summed E-state index contributed by atoms with van der Waals surface area (Å²) in [4.78, 5) is 20.0. The lowest BCUT2D eigenvalue weighted by molar-refractivity contribution is 0.0700. The molecule has 0 saturated heterocycles. The molecule has 1 aliphatic rings. The van der Waals surface area contributed by atoms with Gasteiger partial charge in [-0.3, -0.25) is 0 Å². The normalized spacial score (nSPS) is 14.6. The van der Waals surface area contributed by atoms with E-state index in [1.807, 2.05) is 25.1 Å². The van der Waals surface area contributed by atoms with E-state index in [0.29, 0.717) is 53.1 Å². The van der Waals surface area contributed by atoms with Crippen LogP contribution in [-0.4, -0.2) is 25.1 Å². The third kappa shape index (κ3) is 4.42. The molecule has 0 amide bonds. The number of hydrogen-bond donors (Lipinski definition) is 1. The summed E-state index contributed by atoms with van der Waals surface area (Å²) in [6.07, 6.45) is 1.88. The number of sulfonamides is 1. The van der Waals surface area contributed by atoms with Crippen LogP contribution in [0.1, 0.15) is 46.0 Å². The second-order valence-electron chi connectivity index (χ2n) is 8.34. The van der Waals surface area contributed by atoms with Crippen LogP contribution in [0, 0.1) is 13.8 Å². The van der Waals surface area contributed by atoms with Crippen molar-refractivity contribution < 1.29 is 22.4 Å². The summed E-state index contributed by atoms with van der Waals surface area (Å²) in [6.45, 7) is 3.62. The molecular formula is C26H23N3O5S. The highest BCUT2D eigenvalue weighted by Gasteiger charge is 2.29. The molecule has 178 valence electrons. The number of aromatic nitrogens is 1. The van der Waals surface area contributed by atoms with Gasteiger partial charge in [0.2, 0.25) is 5.76 Å². The number of furan rings is 1. The van der Waals surface area contributed by atoms with Gasteiger partial charge < -0.3 is 9.15 Å². The number of rotatable bonds is 5. The first-order chi connectivity index (χ1) is 16.8. The molecule has 4 aromatic rings.